The predicted octanol–water partition coefficient (Wildman–Crippen LogP) is 3.21. The van der Waals surface area contributed by atoms with E-state index in [1.54, 1.807) is 42.4 Å². The van der Waals surface area contributed by atoms with Crippen molar-refractivity contribution in [2.45, 2.75) is 24.4 Å². The molecule has 2 amide bonds. The van der Waals surface area contributed by atoms with E-state index in [2.05, 4.69) is 4.98 Å². The fourth-order valence-electron chi connectivity index (χ4n) is 2.89. The molecule has 1 fully saturated rings. The maximum atomic E-state index is 12.9. The summed E-state index contributed by atoms with van der Waals surface area (Å²) in [5.41, 5.74) is 1.46. The van der Waals surface area contributed by atoms with Gasteiger partial charge in [0.15, 0.2) is 0 Å². The van der Waals surface area contributed by atoms with Gasteiger partial charge in [0.05, 0.1) is 16.3 Å². The highest BCUT2D eigenvalue weighted by molar-refractivity contribution is 7.99. The second-order valence-electron chi connectivity index (χ2n) is 6.55. The molecule has 3 rings (SSSR count). The van der Waals surface area contributed by atoms with Gasteiger partial charge in [0.25, 0.3) is 5.91 Å². The number of benzene rings is 1. The highest BCUT2D eigenvalue weighted by atomic mass is 32.2. The highest BCUT2D eigenvalue weighted by Gasteiger charge is 2.19. The Labute approximate surface area is 162 Å². The molecule has 27 heavy (non-hydrogen) atoms. The van der Waals surface area contributed by atoms with E-state index < -0.39 is 0 Å². The average Bonchev–Trinajstić information content (AvgIpc) is 3.22. The van der Waals surface area contributed by atoms with Gasteiger partial charge in [-0.2, -0.15) is 0 Å². The van der Waals surface area contributed by atoms with Crippen LogP contribution in [0.5, 0.6) is 0 Å². The Bertz CT molecular complexity index is 790. The molecule has 0 radical (unpaired) electrons. The van der Waals surface area contributed by atoms with Gasteiger partial charge in [-0.05, 0) is 42.7 Å². The number of nitrogens with zero attached hydrogens (tertiary/aromatic N) is 3. The van der Waals surface area contributed by atoms with Crippen molar-refractivity contribution < 1.29 is 14.0 Å². The number of carbonyl (C=O) groups is 2. The zero-order valence-corrected chi connectivity index (χ0v) is 16.0. The van der Waals surface area contributed by atoms with Gasteiger partial charge in [-0.1, -0.05) is 23.9 Å². The predicted molar refractivity (Wildman–Crippen MR) is 103 cm³/mol. The van der Waals surface area contributed by atoms with E-state index in [0.29, 0.717) is 17.1 Å². The number of halogens is 1. The Hall–Kier alpha value is -2.41. The third-order valence-corrected chi connectivity index (χ3v) is 5.41. The SMILES string of the molecule is CN(Cc1ccc(F)cc1)C(=O)CSc1ccc(C(=O)N2CCCC2)cn1. The van der Waals surface area contributed by atoms with Crippen molar-refractivity contribution in [3.05, 3.63) is 59.5 Å². The topological polar surface area (TPSA) is 53.5 Å². The maximum absolute atomic E-state index is 12.9. The van der Waals surface area contributed by atoms with Crippen LogP contribution in [0.3, 0.4) is 0 Å². The average molecular weight is 387 g/mol. The van der Waals surface area contributed by atoms with Crippen LogP contribution in [0.15, 0.2) is 47.6 Å². The summed E-state index contributed by atoms with van der Waals surface area (Å²) in [6, 6.07) is 9.66. The molecule has 5 nitrogen and oxygen atoms in total. The van der Waals surface area contributed by atoms with Crippen molar-refractivity contribution in [3.8, 4) is 0 Å². The molecule has 0 spiro atoms. The molecule has 1 saturated heterocycles. The first-order chi connectivity index (χ1) is 13.0. The summed E-state index contributed by atoms with van der Waals surface area (Å²) in [6.07, 6.45) is 3.69. The van der Waals surface area contributed by atoms with E-state index in [4.69, 9.17) is 0 Å². The quantitative estimate of drug-likeness (QED) is 0.715. The number of rotatable bonds is 6. The van der Waals surface area contributed by atoms with Gasteiger partial charge in [-0.15, -0.1) is 0 Å². The third kappa shape index (κ3) is 5.29. The standard InChI is InChI=1S/C20H22FN3O2S/c1-23(13-15-4-7-17(21)8-5-15)19(25)14-27-18-9-6-16(12-22-18)20(26)24-10-2-3-11-24/h4-9,12H,2-3,10-11,13-14H2,1H3. The molecular formula is C20H22FN3O2S. The first kappa shape index (κ1) is 19.4. The minimum absolute atomic E-state index is 0.0201. The number of carbonyl (C=O) groups excluding carboxylic acids is 2. The number of amides is 2. The molecule has 0 atom stereocenters. The first-order valence-electron chi connectivity index (χ1n) is 8.89. The van der Waals surface area contributed by atoms with Crippen molar-refractivity contribution >= 4 is 23.6 Å². The van der Waals surface area contributed by atoms with Gasteiger partial charge < -0.3 is 9.80 Å². The number of thioether (sulfide) groups is 1. The number of aromatic nitrogens is 1. The molecule has 0 saturated carbocycles. The normalized spacial score (nSPS) is 13.6. The Morgan fingerprint density at radius 2 is 1.85 bits per heavy atom. The van der Waals surface area contributed by atoms with Crippen LogP contribution < -0.4 is 0 Å². The van der Waals surface area contributed by atoms with E-state index >= 15 is 0 Å². The minimum atomic E-state index is -0.291. The van der Waals surface area contributed by atoms with Gasteiger partial charge in [-0.3, -0.25) is 9.59 Å². The highest BCUT2D eigenvalue weighted by Crippen LogP contribution is 2.18. The van der Waals surface area contributed by atoms with Crippen molar-refractivity contribution in [2.75, 3.05) is 25.9 Å². The monoisotopic (exact) mass is 387 g/mol. The molecule has 142 valence electrons. The molecular weight excluding hydrogens is 365 g/mol. The van der Waals surface area contributed by atoms with Gasteiger partial charge in [0, 0.05) is 32.9 Å². The summed E-state index contributed by atoms with van der Waals surface area (Å²) in [5.74, 6) is -0.0552. The number of pyridine rings is 1. The van der Waals surface area contributed by atoms with E-state index in [1.807, 2.05) is 4.90 Å². The second kappa shape index (κ2) is 8.99. The summed E-state index contributed by atoms with van der Waals surface area (Å²) in [6.45, 7) is 2.05. The summed E-state index contributed by atoms with van der Waals surface area (Å²) >= 11 is 1.34. The Morgan fingerprint density at radius 3 is 2.48 bits per heavy atom. The molecule has 0 bridgehead atoms. The zero-order chi connectivity index (χ0) is 19.2. The lowest BCUT2D eigenvalue weighted by Gasteiger charge is -2.17. The fourth-order valence-corrected chi connectivity index (χ4v) is 3.68. The van der Waals surface area contributed by atoms with E-state index in [9.17, 15) is 14.0 Å². The van der Waals surface area contributed by atoms with Gasteiger partial charge in [0.2, 0.25) is 5.91 Å². The van der Waals surface area contributed by atoms with Crippen LogP contribution in [0.1, 0.15) is 28.8 Å². The van der Waals surface area contributed by atoms with Crippen LogP contribution in [0.4, 0.5) is 4.39 Å². The van der Waals surface area contributed by atoms with Crippen molar-refractivity contribution in [1.29, 1.82) is 0 Å². The molecule has 1 aliphatic rings. The van der Waals surface area contributed by atoms with Crippen LogP contribution >= 0.6 is 11.8 Å². The smallest absolute Gasteiger partial charge is 0.255 e. The molecule has 2 heterocycles. The van der Waals surface area contributed by atoms with Crippen LogP contribution in [0.25, 0.3) is 0 Å². The summed E-state index contributed by atoms with van der Waals surface area (Å²) in [5, 5.41) is 0.705. The van der Waals surface area contributed by atoms with Crippen molar-refractivity contribution in [1.82, 2.24) is 14.8 Å². The Kier molecular flexibility index (Phi) is 6.45. The lowest BCUT2D eigenvalue weighted by molar-refractivity contribution is -0.127. The lowest BCUT2D eigenvalue weighted by atomic mass is 10.2. The maximum Gasteiger partial charge on any atom is 0.255 e. The van der Waals surface area contributed by atoms with Crippen molar-refractivity contribution in [2.24, 2.45) is 0 Å². The summed E-state index contributed by atoms with van der Waals surface area (Å²) < 4.78 is 12.9. The number of likely N-dealkylation sites (tertiary alicyclic amines) is 1. The lowest BCUT2D eigenvalue weighted by Crippen LogP contribution is -2.28. The molecule has 0 N–H and O–H groups in total. The summed E-state index contributed by atoms with van der Waals surface area (Å²) in [7, 11) is 1.72. The zero-order valence-electron chi connectivity index (χ0n) is 15.2. The van der Waals surface area contributed by atoms with Crippen LogP contribution in [-0.2, 0) is 11.3 Å². The van der Waals surface area contributed by atoms with Crippen LogP contribution in [-0.4, -0.2) is 52.5 Å². The van der Waals surface area contributed by atoms with Crippen LogP contribution in [0, 0.1) is 5.82 Å². The fraction of sp³-hybridized carbons (Fsp3) is 0.350. The third-order valence-electron chi connectivity index (χ3n) is 4.48. The molecule has 2 aromatic rings. The molecule has 1 aromatic carbocycles. The number of hydrogen-bond donors (Lipinski definition) is 0. The Balaban J connectivity index is 1.49. The van der Waals surface area contributed by atoms with E-state index in [1.165, 1.54) is 23.9 Å². The first-order valence-corrected chi connectivity index (χ1v) is 9.88. The van der Waals surface area contributed by atoms with Crippen molar-refractivity contribution in [3.63, 3.8) is 0 Å². The van der Waals surface area contributed by atoms with E-state index in [0.717, 1.165) is 31.5 Å². The molecule has 0 aliphatic carbocycles. The molecule has 7 heteroatoms. The minimum Gasteiger partial charge on any atom is -0.341 e. The Morgan fingerprint density at radius 1 is 1.15 bits per heavy atom. The van der Waals surface area contributed by atoms with Crippen LogP contribution in [0.2, 0.25) is 0 Å². The summed E-state index contributed by atoms with van der Waals surface area (Å²) in [4.78, 5) is 32.3. The van der Waals surface area contributed by atoms with Gasteiger partial charge in [0.1, 0.15) is 5.82 Å². The van der Waals surface area contributed by atoms with Gasteiger partial charge in [-0.25, -0.2) is 9.37 Å². The molecule has 0 unspecified atom stereocenters. The largest absolute Gasteiger partial charge is 0.341 e. The number of hydrogen-bond acceptors (Lipinski definition) is 4. The molecule has 1 aromatic heterocycles. The van der Waals surface area contributed by atoms with Gasteiger partial charge >= 0.3 is 0 Å². The van der Waals surface area contributed by atoms with E-state index in [-0.39, 0.29) is 23.4 Å². The molecule has 1 aliphatic heterocycles. The second-order valence-corrected chi connectivity index (χ2v) is 7.54.